The van der Waals surface area contributed by atoms with Gasteiger partial charge in [0.15, 0.2) is 0 Å². The zero-order valence-electron chi connectivity index (χ0n) is 8.53. The molecule has 0 aliphatic heterocycles. The lowest BCUT2D eigenvalue weighted by atomic mass is 10.2. The molecule has 1 aliphatic carbocycles. The average molecular weight is 268 g/mol. The molecule has 0 unspecified atom stereocenters. The Balaban J connectivity index is 2.10. The molecule has 0 heterocycles. The zero-order chi connectivity index (χ0) is 10.7. The molecule has 0 atom stereocenters. The Morgan fingerprint density at radius 2 is 2.00 bits per heavy atom. The standard InChI is InChI=1S/C12H14BrNO/c13-8-9-14(11-6-7-11)12(15)10-4-2-1-3-5-10/h1-5,11H,6-9H2. The van der Waals surface area contributed by atoms with Crippen molar-refractivity contribution in [1.82, 2.24) is 4.90 Å². The summed E-state index contributed by atoms with van der Waals surface area (Å²) in [6.45, 7) is 0.804. The first kappa shape index (κ1) is 10.7. The van der Waals surface area contributed by atoms with E-state index in [9.17, 15) is 4.79 Å². The van der Waals surface area contributed by atoms with Gasteiger partial charge in [-0.1, -0.05) is 34.1 Å². The quantitative estimate of drug-likeness (QED) is 0.769. The summed E-state index contributed by atoms with van der Waals surface area (Å²) in [4.78, 5) is 14.1. The predicted molar refractivity (Wildman–Crippen MR) is 64.3 cm³/mol. The number of alkyl halides is 1. The molecule has 1 amide bonds. The third kappa shape index (κ3) is 2.59. The molecule has 1 aliphatic rings. The molecule has 0 aromatic heterocycles. The number of benzene rings is 1. The minimum absolute atomic E-state index is 0.164. The van der Waals surface area contributed by atoms with Gasteiger partial charge in [-0.2, -0.15) is 0 Å². The zero-order valence-corrected chi connectivity index (χ0v) is 10.1. The molecule has 0 spiro atoms. The van der Waals surface area contributed by atoms with Crippen molar-refractivity contribution in [1.29, 1.82) is 0 Å². The largest absolute Gasteiger partial charge is 0.335 e. The van der Waals surface area contributed by atoms with Crippen LogP contribution >= 0.6 is 15.9 Å². The Morgan fingerprint density at radius 1 is 1.33 bits per heavy atom. The van der Waals surface area contributed by atoms with Crippen molar-refractivity contribution in [3.05, 3.63) is 35.9 Å². The van der Waals surface area contributed by atoms with Crippen molar-refractivity contribution < 1.29 is 4.79 Å². The predicted octanol–water partition coefficient (Wildman–Crippen LogP) is 2.69. The van der Waals surface area contributed by atoms with E-state index < -0.39 is 0 Å². The highest BCUT2D eigenvalue weighted by atomic mass is 79.9. The van der Waals surface area contributed by atoms with Gasteiger partial charge in [0.05, 0.1) is 0 Å². The van der Waals surface area contributed by atoms with Gasteiger partial charge in [0.2, 0.25) is 0 Å². The maximum atomic E-state index is 12.1. The molecule has 2 nitrogen and oxygen atoms in total. The second kappa shape index (κ2) is 4.79. The molecular formula is C12H14BrNO. The minimum Gasteiger partial charge on any atom is -0.335 e. The summed E-state index contributed by atoms with van der Waals surface area (Å²) in [6, 6.07) is 10.00. The fourth-order valence-electron chi connectivity index (χ4n) is 1.67. The molecule has 1 fully saturated rings. The summed E-state index contributed by atoms with van der Waals surface area (Å²) in [7, 11) is 0. The van der Waals surface area contributed by atoms with Crippen LogP contribution in [0.25, 0.3) is 0 Å². The summed E-state index contributed by atoms with van der Waals surface area (Å²) >= 11 is 3.39. The van der Waals surface area contributed by atoms with E-state index in [-0.39, 0.29) is 5.91 Å². The van der Waals surface area contributed by atoms with Gasteiger partial charge in [-0.3, -0.25) is 4.79 Å². The number of hydrogen-bond acceptors (Lipinski definition) is 1. The molecule has 1 saturated carbocycles. The number of carbonyl (C=O) groups is 1. The molecule has 0 radical (unpaired) electrons. The Morgan fingerprint density at radius 3 is 2.53 bits per heavy atom. The Kier molecular flexibility index (Phi) is 3.41. The van der Waals surface area contributed by atoms with Gasteiger partial charge >= 0.3 is 0 Å². The van der Waals surface area contributed by atoms with E-state index >= 15 is 0 Å². The van der Waals surface area contributed by atoms with E-state index in [1.807, 2.05) is 35.2 Å². The average Bonchev–Trinajstić information content (AvgIpc) is 3.10. The van der Waals surface area contributed by atoms with E-state index in [4.69, 9.17) is 0 Å². The maximum absolute atomic E-state index is 12.1. The fraction of sp³-hybridized carbons (Fsp3) is 0.417. The molecular weight excluding hydrogens is 254 g/mol. The third-order valence-corrected chi connectivity index (χ3v) is 2.95. The van der Waals surface area contributed by atoms with Crippen LogP contribution in [0, 0.1) is 0 Å². The van der Waals surface area contributed by atoms with E-state index in [1.165, 1.54) is 0 Å². The molecule has 0 saturated heterocycles. The van der Waals surface area contributed by atoms with Crippen molar-refractivity contribution in [2.45, 2.75) is 18.9 Å². The second-order valence-electron chi connectivity index (χ2n) is 3.78. The highest BCUT2D eigenvalue weighted by Crippen LogP contribution is 2.28. The van der Waals surface area contributed by atoms with Gasteiger partial charge in [-0.15, -0.1) is 0 Å². The van der Waals surface area contributed by atoms with Crippen molar-refractivity contribution in [3.8, 4) is 0 Å². The molecule has 1 aromatic rings. The lowest BCUT2D eigenvalue weighted by molar-refractivity contribution is 0.0754. The van der Waals surface area contributed by atoms with Crippen LogP contribution in [-0.4, -0.2) is 28.7 Å². The Bertz CT molecular complexity index is 335. The highest BCUT2D eigenvalue weighted by Gasteiger charge is 2.32. The van der Waals surface area contributed by atoms with E-state index in [1.54, 1.807) is 0 Å². The van der Waals surface area contributed by atoms with E-state index in [0.29, 0.717) is 6.04 Å². The van der Waals surface area contributed by atoms with Crippen LogP contribution in [0.5, 0.6) is 0 Å². The SMILES string of the molecule is O=C(c1ccccc1)N(CCBr)C1CC1. The molecule has 3 heteroatoms. The monoisotopic (exact) mass is 267 g/mol. The molecule has 0 N–H and O–H groups in total. The van der Waals surface area contributed by atoms with Crippen molar-refractivity contribution in [2.75, 3.05) is 11.9 Å². The van der Waals surface area contributed by atoms with Gasteiger partial charge in [0.1, 0.15) is 0 Å². The van der Waals surface area contributed by atoms with Crippen LogP contribution in [0.2, 0.25) is 0 Å². The summed E-state index contributed by atoms with van der Waals surface area (Å²) in [5.74, 6) is 0.164. The van der Waals surface area contributed by atoms with Gasteiger partial charge in [0.25, 0.3) is 5.91 Å². The van der Waals surface area contributed by atoms with Crippen molar-refractivity contribution in [2.24, 2.45) is 0 Å². The van der Waals surface area contributed by atoms with Crippen LogP contribution in [0.3, 0.4) is 0 Å². The van der Waals surface area contributed by atoms with E-state index in [0.717, 1.165) is 30.3 Å². The molecule has 80 valence electrons. The van der Waals surface area contributed by atoms with Crippen LogP contribution in [0.15, 0.2) is 30.3 Å². The summed E-state index contributed by atoms with van der Waals surface area (Å²) < 4.78 is 0. The second-order valence-corrected chi connectivity index (χ2v) is 4.58. The highest BCUT2D eigenvalue weighted by molar-refractivity contribution is 9.09. The molecule has 0 bridgehead atoms. The molecule has 2 rings (SSSR count). The fourth-order valence-corrected chi connectivity index (χ4v) is 2.06. The van der Waals surface area contributed by atoms with Crippen molar-refractivity contribution in [3.63, 3.8) is 0 Å². The first-order valence-corrected chi connectivity index (χ1v) is 6.37. The van der Waals surface area contributed by atoms with Crippen LogP contribution in [0.1, 0.15) is 23.2 Å². The molecule has 1 aromatic carbocycles. The Hall–Kier alpha value is -0.830. The number of amides is 1. The van der Waals surface area contributed by atoms with Crippen molar-refractivity contribution >= 4 is 21.8 Å². The first-order chi connectivity index (χ1) is 7.33. The topological polar surface area (TPSA) is 20.3 Å². The lowest BCUT2D eigenvalue weighted by Gasteiger charge is -2.21. The number of halogens is 1. The number of nitrogens with zero attached hydrogens (tertiary/aromatic N) is 1. The minimum atomic E-state index is 0.164. The Labute approximate surface area is 98.4 Å². The third-order valence-electron chi connectivity index (χ3n) is 2.59. The first-order valence-electron chi connectivity index (χ1n) is 5.25. The number of hydrogen-bond donors (Lipinski definition) is 0. The van der Waals surface area contributed by atoms with Gasteiger partial charge in [0, 0.05) is 23.5 Å². The smallest absolute Gasteiger partial charge is 0.254 e. The summed E-state index contributed by atoms with van der Waals surface area (Å²) in [5, 5.41) is 0.849. The lowest BCUT2D eigenvalue weighted by Crippen LogP contribution is -2.34. The molecule has 15 heavy (non-hydrogen) atoms. The number of carbonyl (C=O) groups excluding carboxylic acids is 1. The van der Waals surface area contributed by atoms with Gasteiger partial charge < -0.3 is 4.90 Å². The van der Waals surface area contributed by atoms with Gasteiger partial charge in [-0.25, -0.2) is 0 Å². The summed E-state index contributed by atoms with van der Waals surface area (Å²) in [5.41, 5.74) is 0.797. The van der Waals surface area contributed by atoms with Crippen LogP contribution in [0.4, 0.5) is 0 Å². The maximum Gasteiger partial charge on any atom is 0.254 e. The van der Waals surface area contributed by atoms with Gasteiger partial charge in [-0.05, 0) is 25.0 Å². The van der Waals surface area contributed by atoms with Crippen LogP contribution in [-0.2, 0) is 0 Å². The summed E-state index contributed by atoms with van der Waals surface area (Å²) in [6.07, 6.45) is 2.32. The van der Waals surface area contributed by atoms with E-state index in [2.05, 4.69) is 15.9 Å². The number of rotatable bonds is 4. The van der Waals surface area contributed by atoms with Crippen LogP contribution < -0.4 is 0 Å². The normalized spacial score (nSPS) is 15.0.